The van der Waals surface area contributed by atoms with Gasteiger partial charge in [0.25, 0.3) is 0 Å². The van der Waals surface area contributed by atoms with E-state index < -0.39 is 0 Å². The van der Waals surface area contributed by atoms with E-state index in [4.69, 9.17) is 5.39 Å². The van der Waals surface area contributed by atoms with Crippen LogP contribution in [0.3, 0.4) is 0 Å². The van der Waals surface area contributed by atoms with E-state index in [2.05, 4.69) is 4.98 Å². The van der Waals surface area contributed by atoms with E-state index in [1.54, 1.807) is 0 Å². The van der Waals surface area contributed by atoms with Crippen LogP contribution in [0.2, 0.25) is 0 Å². The molecule has 6 heavy (non-hydrogen) atoms. The van der Waals surface area contributed by atoms with Gasteiger partial charge >= 0.3 is 6.54 Å². The molecular formula is C3H5N2O+. The molecule has 3 nitrogen and oxygen atoms in total. The fourth-order valence-electron chi connectivity index (χ4n) is 0.0996. The standard InChI is InChI=1S/C3H5N2O/c1-3(6)2-5-4/h2H2,1H3/q+1. The Morgan fingerprint density at radius 3 is 2.50 bits per heavy atom. The second-order valence-electron chi connectivity index (χ2n) is 1.00. The highest BCUT2D eigenvalue weighted by atomic mass is 16.1. The number of ketones is 1. The van der Waals surface area contributed by atoms with Crippen molar-refractivity contribution in [2.45, 2.75) is 6.92 Å². The fraction of sp³-hybridized carbons (Fsp3) is 0.667. The average Bonchev–Trinajstić information content (AvgIpc) is 1.35. The maximum absolute atomic E-state index is 9.79. The molecule has 0 saturated carbocycles. The lowest BCUT2D eigenvalue weighted by atomic mass is 10.5. The van der Waals surface area contributed by atoms with E-state index in [0.29, 0.717) is 0 Å². The monoisotopic (exact) mass is 85.0 g/mol. The van der Waals surface area contributed by atoms with Crippen LogP contribution >= 0.6 is 0 Å². The molecule has 0 aromatic heterocycles. The summed E-state index contributed by atoms with van der Waals surface area (Å²) in [6.45, 7) is 1.28. The summed E-state index contributed by atoms with van der Waals surface area (Å²) < 4.78 is 0. The second kappa shape index (κ2) is 2.33. The first-order valence-electron chi connectivity index (χ1n) is 1.57. The highest BCUT2D eigenvalue weighted by Crippen LogP contribution is 1.66. The Labute approximate surface area is 35.6 Å². The molecule has 32 valence electrons. The van der Waals surface area contributed by atoms with Crippen molar-refractivity contribution < 1.29 is 4.79 Å². The Kier molecular flexibility index (Phi) is 1.98. The van der Waals surface area contributed by atoms with Crippen molar-refractivity contribution in [3.05, 3.63) is 4.98 Å². The topological polar surface area (TPSA) is 45.2 Å². The van der Waals surface area contributed by atoms with Crippen molar-refractivity contribution in [2.75, 3.05) is 6.54 Å². The van der Waals surface area contributed by atoms with Crippen LogP contribution in [0.5, 0.6) is 0 Å². The van der Waals surface area contributed by atoms with Gasteiger partial charge in [0.05, 0.1) is 0 Å². The van der Waals surface area contributed by atoms with E-state index in [9.17, 15) is 4.79 Å². The number of Topliss-reactive ketones (excluding diaryl/α,β-unsaturated/α-hetero) is 1. The van der Waals surface area contributed by atoms with Gasteiger partial charge in [0.15, 0.2) is 0 Å². The van der Waals surface area contributed by atoms with Gasteiger partial charge in [-0.1, -0.05) is 0 Å². The Balaban J connectivity index is 3.13. The lowest BCUT2D eigenvalue weighted by Crippen LogP contribution is -1.89. The summed E-state index contributed by atoms with van der Waals surface area (Å²) in [6.07, 6.45) is 0. The predicted molar refractivity (Wildman–Crippen MR) is 20.6 cm³/mol. The van der Waals surface area contributed by atoms with E-state index >= 15 is 0 Å². The highest BCUT2D eigenvalue weighted by molar-refractivity contribution is 5.78. The maximum Gasteiger partial charge on any atom is 0.362 e. The van der Waals surface area contributed by atoms with Gasteiger partial charge in [-0.15, -0.1) is 0 Å². The van der Waals surface area contributed by atoms with Gasteiger partial charge in [0.1, 0.15) is 4.98 Å². The van der Waals surface area contributed by atoms with Crippen LogP contribution in [-0.4, -0.2) is 12.3 Å². The fourth-order valence-corrected chi connectivity index (χ4v) is 0.0996. The summed E-state index contributed by atoms with van der Waals surface area (Å²) in [5.41, 5.74) is 0. The quantitative estimate of drug-likeness (QED) is 0.433. The van der Waals surface area contributed by atoms with Crippen molar-refractivity contribution in [1.29, 1.82) is 5.39 Å². The second-order valence-corrected chi connectivity index (χ2v) is 1.00. The van der Waals surface area contributed by atoms with Gasteiger partial charge in [0, 0.05) is 6.92 Å². The number of carbonyl (C=O) groups is 1. The summed E-state index contributed by atoms with van der Waals surface area (Å²) >= 11 is 0. The Morgan fingerprint density at radius 2 is 2.50 bits per heavy atom. The molecular weight excluding hydrogens is 80.0 g/mol. The maximum atomic E-state index is 9.79. The molecule has 0 bridgehead atoms. The minimum atomic E-state index is -0.127. The first-order valence-corrected chi connectivity index (χ1v) is 1.57. The van der Waals surface area contributed by atoms with Crippen LogP contribution in [0.1, 0.15) is 6.92 Å². The van der Waals surface area contributed by atoms with Crippen LogP contribution in [0.4, 0.5) is 0 Å². The number of carbonyl (C=O) groups excluding carboxylic acids is 1. The Hall–Kier alpha value is -0.910. The molecule has 0 saturated heterocycles. The molecule has 0 atom stereocenters. The smallest absolute Gasteiger partial charge is 0.291 e. The number of rotatable bonds is 1. The van der Waals surface area contributed by atoms with E-state index in [1.807, 2.05) is 0 Å². The zero-order chi connectivity index (χ0) is 4.99. The summed E-state index contributed by atoms with van der Waals surface area (Å²) in [5, 5.41) is 7.64. The SMILES string of the molecule is CC(=O)C[N+]#N. The molecule has 0 unspecified atom stereocenters. The first kappa shape index (κ1) is 5.09. The van der Waals surface area contributed by atoms with E-state index in [0.717, 1.165) is 0 Å². The number of hydrogen-bond donors (Lipinski definition) is 0. The molecule has 0 spiro atoms. The lowest BCUT2D eigenvalue weighted by Gasteiger charge is -1.58. The predicted octanol–water partition coefficient (Wildman–Crippen LogP) is 0.428. The number of nitrogens with zero attached hydrogens (tertiary/aromatic N) is 2. The van der Waals surface area contributed by atoms with Crippen molar-refractivity contribution in [2.24, 2.45) is 0 Å². The summed E-state index contributed by atoms with van der Waals surface area (Å²) in [5.74, 6) is -0.127. The normalized spacial score (nSPS) is 6.67. The van der Waals surface area contributed by atoms with Gasteiger partial charge in [-0.25, -0.2) is 0 Å². The molecule has 0 aromatic rings. The van der Waals surface area contributed by atoms with Crippen LogP contribution in [0.25, 0.3) is 4.98 Å². The lowest BCUT2D eigenvalue weighted by molar-refractivity contribution is -0.115. The van der Waals surface area contributed by atoms with Gasteiger partial charge < -0.3 is 0 Å². The minimum absolute atomic E-state index is 0.0833. The third kappa shape index (κ3) is 3.09. The van der Waals surface area contributed by atoms with Gasteiger partial charge in [-0.2, -0.15) is 0 Å². The third-order valence-corrected chi connectivity index (χ3v) is 0.293. The van der Waals surface area contributed by atoms with E-state index in [1.165, 1.54) is 6.92 Å². The van der Waals surface area contributed by atoms with Gasteiger partial charge in [-0.05, 0) is 0 Å². The van der Waals surface area contributed by atoms with Gasteiger partial charge in [0.2, 0.25) is 11.2 Å². The van der Waals surface area contributed by atoms with Crippen LogP contribution in [0, 0.1) is 5.39 Å². The zero-order valence-electron chi connectivity index (χ0n) is 3.51. The van der Waals surface area contributed by atoms with Crippen molar-refractivity contribution in [3.8, 4) is 0 Å². The molecule has 0 fully saturated rings. The van der Waals surface area contributed by atoms with Crippen LogP contribution in [-0.2, 0) is 4.79 Å². The molecule has 0 N–H and O–H groups in total. The minimum Gasteiger partial charge on any atom is -0.291 e. The average molecular weight is 85.1 g/mol. The first-order chi connectivity index (χ1) is 2.77. The molecule has 0 amide bonds. The molecule has 0 aliphatic heterocycles. The summed E-state index contributed by atoms with van der Waals surface area (Å²) in [4.78, 5) is 12.4. The molecule has 0 aromatic carbocycles. The zero-order valence-corrected chi connectivity index (χ0v) is 3.51. The molecule has 3 heteroatoms. The van der Waals surface area contributed by atoms with Crippen molar-refractivity contribution >= 4 is 5.78 Å². The Morgan fingerprint density at radius 1 is 2.00 bits per heavy atom. The van der Waals surface area contributed by atoms with Crippen LogP contribution in [0.15, 0.2) is 0 Å². The molecule has 0 heterocycles. The largest absolute Gasteiger partial charge is 0.362 e. The number of diazo groups is 1. The molecule has 0 aliphatic carbocycles. The van der Waals surface area contributed by atoms with Crippen molar-refractivity contribution in [3.63, 3.8) is 0 Å². The van der Waals surface area contributed by atoms with Crippen molar-refractivity contribution in [1.82, 2.24) is 0 Å². The molecule has 0 radical (unpaired) electrons. The van der Waals surface area contributed by atoms with Gasteiger partial charge in [-0.3, -0.25) is 4.79 Å². The highest BCUT2D eigenvalue weighted by Gasteiger charge is 1.96. The molecule has 0 aliphatic rings. The summed E-state index contributed by atoms with van der Waals surface area (Å²) in [6, 6.07) is 0. The molecule has 0 rings (SSSR count). The Bertz CT molecular complexity index is 91.5. The third-order valence-electron chi connectivity index (χ3n) is 0.293. The summed E-state index contributed by atoms with van der Waals surface area (Å²) in [7, 11) is 0. The van der Waals surface area contributed by atoms with E-state index in [-0.39, 0.29) is 12.3 Å². The number of hydrogen-bond acceptors (Lipinski definition) is 2. The van der Waals surface area contributed by atoms with Crippen LogP contribution < -0.4 is 0 Å².